The molecule has 2 unspecified atom stereocenters. The molecule has 0 bridgehead atoms. The monoisotopic (exact) mass is 387 g/mol. The number of anilines is 2. The van der Waals surface area contributed by atoms with E-state index in [1.807, 2.05) is 19.1 Å². The van der Waals surface area contributed by atoms with Crippen LogP contribution in [0.2, 0.25) is 0 Å². The number of rotatable bonds is 5. The molecule has 2 fully saturated rings. The fourth-order valence-corrected chi connectivity index (χ4v) is 4.82. The van der Waals surface area contributed by atoms with Gasteiger partial charge in [0.15, 0.2) is 0 Å². The minimum Gasteiger partial charge on any atom is -0.465 e. The Morgan fingerprint density at radius 2 is 1.63 bits per heavy atom. The molecule has 1 saturated carbocycles. The third-order valence-corrected chi connectivity index (χ3v) is 6.70. The summed E-state index contributed by atoms with van der Waals surface area (Å²) in [6.07, 6.45) is -0.967. The molecule has 4 rings (SSSR count). The fourth-order valence-electron chi connectivity index (χ4n) is 3.77. The minimum atomic E-state index is -3.61. The molecule has 2 aliphatic rings. The summed E-state index contributed by atoms with van der Waals surface area (Å²) in [5.74, 6) is 0.724. The number of carboxylic acid groups (broad SMARTS) is 1. The Labute approximate surface area is 158 Å². The van der Waals surface area contributed by atoms with Gasteiger partial charge in [-0.05, 0) is 43.3 Å². The normalized spacial score (nSPS) is 23.6. The Kier molecular flexibility index (Phi) is 4.22. The second-order valence-electron chi connectivity index (χ2n) is 7.17. The van der Waals surface area contributed by atoms with Crippen LogP contribution in [-0.2, 0) is 10.0 Å². The average molecular weight is 387 g/mol. The Hall–Kier alpha value is -2.74. The number of hydrogen-bond donors (Lipinski definition) is 3. The zero-order valence-corrected chi connectivity index (χ0v) is 15.6. The van der Waals surface area contributed by atoms with Crippen LogP contribution in [0.3, 0.4) is 0 Å². The number of nitrogens with one attached hydrogen (secondary N) is 2. The van der Waals surface area contributed by atoms with Crippen LogP contribution in [0.15, 0.2) is 53.4 Å². The molecule has 1 aliphatic carbocycles. The van der Waals surface area contributed by atoms with Crippen molar-refractivity contribution >= 4 is 27.5 Å². The Morgan fingerprint density at radius 3 is 2.19 bits per heavy atom. The molecule has 1 amide bonds. The van der Waals surface area contributed by atoms with E-state index in [9.17, 15) is 13.2 Å². The van der Waals surface area contributed by atoms with E-state index in [0.29, 0.717) is 17.5 Å². The van der Waals surface area contributed by atoms with Crippen molar-refractivity contribution in [3.63, 3.8) is 0 Å². The number of benzene rings is 2. The van der Waals surface area contributed by atoms with Gasteiger partial charge in [0.05, 0.1) is 4.90 Å². The largest absolute Gasteiger partial charge is 0.465 e. The van der Waals surface area contributed by atoms with E-state index >= 15 is 0 Å². The Bertz CT molecular complexity index is 945. The van der Waals surface area contributed by atoms with Crippen LogP contribution in [-0.4, -0.2) is 38.7 Å². The number of aryl methyl sites for hydroxylation is 1. The van der Waals surface area contributed by atoms with E-state index in [2.05, 4.69) is 14.9 Å². The summed E-state index contributed by atoms with van der Waals surface area (Å²) >= 11 is 0. The van der Waals surface area contributed by atoms with Crippen LogP contribution in [0.1, 0.15) is 5.56 Å². The number of piperidine rings is 1. The lowest BCUT2D eigenvalue weighted by molar-refractivity contribution is 0.192. The van der Waals surface area contributed by atoms with Crippen LogP contribution in [0.25, 0.3) is 0 Å². The van der Waals surface area contributed by atoms with Crippen molar-refractivity contribution in [2.24, 2.45) is 11.8 Å². The molecule has 2 aromatic carbocycles. The van der Waals surface area contributed by atoms with Crippen LogP contribution >= 0.6 is 0 Å². The van der Waals surface area contributed by atoms with Gasteiger partial charge in [0, 0.05) is 42.3 Å². The van der Waals surface area contributed by atoms with E-state index < -0.39 is 16.1 Å². The van der Waals surface area contributed by atoms with Gasteiger partial charge >= 0.3 is 6.09 Å². The highest BCUT2D eigenvalue weighted by molar-refractivity contribution is 7.92. The summed E-state index contributed by atoms with van der Waals surface area (Å²) < 4.78 is 27.5. The fraction of sp³-hybridized carbons (Fsp3) is 0.316. The van der Waals surface area contributed by atoms with Crippen molar-refractivity contribution in [3.05, 3.63) is 54.1 Å². The number of carbonyl (C=O) groups is 1. The van der Waals surface area contributed by atoms with E-state index in [-0.39, 0.29) is 10.9 Å². The number of amides is 1. The van der Waals surface area contributed by atoms with Gasteiger partial charge in [-0.1, -0.05) is 17.7 Å². The van der Waals surface area contributed by atoms with Gasteiger partial charge in [-0.3, -0.25) is 4.72 Å². The van der Waals surface area contributed by atoms with E-state index in [0.717, 1.165) is 24.3 Å². The molecule has 27 heavy (non-hydrogen) atoms. The van der Waals surface area contributed by atoms with Crippen molar-refractivity contribution < 1.29 is 18.3 Å². The molecule has 1 heterocycles. The number of fused-ring (bicyclic) bond motifs is 1. The summed E-state index contributed by atoms with van der Waals surface area (Å²) in [6, 6.07) is 14.0. The highest BCUT2D eigenvalue weighted by Crippen LogP contribution is 2.46. The van der Waals surface area contributed by atoms with Gasteiger partial charge in [-0.2, -0.15) is 0 Å². The van der Waals surface area contributed by atoms with Crippen molar-refractivity contribution in [1.82, 2.24) is 5.32 Å². The molecule has 8 heteroatoms. The summed E-state index contributed by atoms with van der Waals surface area (Å²) in [7, 11) is -3.61. The third kappa shape index (κ3) is 3.57. The molecular formula is C19H21N3O4S. The third-order valence-electron chi connectivity index (χ3n) is 5.30. The van der Waals surface area contributed by atoms with Crippen molar-refractivity contribution in [1.29, 1.82) is 0 Å². The maximum Gasteiger partial charge on any atom is 0.404 e. The summed E-state index contributed by atoms with van der Waals surface area (Å²) in [5, 5.41) is 11.4. The van der Waals surface area contributed by atoms with Gasteiger partial charge in [0.2, 0.25) is 0 Å². The minimum absolute atomic E-state index is 0.0688. The standard InChI is InChI=1S/C19H21N3O4S/c1-12-2-8-15(9-3-12)27(25,26)21-13-4-6-14(7-5-13)22-10-16-17(11-22)18(16)20-19(23)24/h2-9,16-18,20-21H,10-11H2,1H3,(H,23,24). The average Bonchev–Trinajstić information content (AvgIpc) is 3.04. The zero-order chi connectivity index (χ0) is 19.2. The molecule has 3 N–H and O–H groups in total. The first-order valence-corrected chi connectivity index (χ1v) is 10.3. The van der Waals surface area contributed by atoms with Crippen LogP contribution in [0.5, 0.6) is 0 Å². The molecule has 2 aromatic rings. The SMILES string of the molecule is Cc1ccc(S(=O)(=O)Nc2ccc(N3CC4C(C3)C4NC(=O)O)cc2)cc1. The van der Waals surface area contributed by atoms with Gasteiger partial charge in [0.1, 0.15) is 0 Å². The first kappa shape index (κ1) is 17.7. The Balaban J connectivity index is 1.39. The van der Waals surface area contributed by atoms with Gasteiger partial charge in [-0.25, -0.2) is 13.2 Å². The van der Waals surface area contributed by atoms with Crippen LogP contribution in [0, 0.1) is 18.8 Å². The maximum atomic E-state index is 12.5. The zero-order valence-electron chi connectivity index (χ0n) is 14.8. The predicted octanol–water partition coefficient (Wildman–Crippen LogP) is 2.50. The predicted molar refractivity (Wildman–Crippen MR) is 103 cm³/mol. The highest BCUT2D eigenvalue weighted by Gasteiger charge is 2.56. The lowest BCUT2D eigenvalue weighted by Gasteiger charge is -2.22. The lowest BCUT2D eigenvalue weighted by Crippen LogP contribution is -2.33. The van der Waals surface area contributed by atoms with E-state index in [1.54, 1.807) is 36.4 Å². The molecule has 1 saturated heterocycles. The van der Waals surface area contributed by atoms with Crippen molar-refractivity contribution in [3.8, 4) is 0 Å². The van der Waals surface area contributed by atoms with Gasteiger partial charge < -0.3 is 15.3 Å². The first-order chi connectivity index (χ1) is 12.8. The Morgan fingerprint density at radius 1 is 1.04 bits per heavy atom. The van der Waals surface area contributed by atoms with Gasteiger partial charge in [-0.15, -0.1) is 0 Å². The van der Waals surface area contributed by atoms with Crippen LogP contribution in [0.4, 0.5) is 16.2 Å². The first-order valence-electron chi connectivity index (χ1n) is 8.77. The number of hydrogen-bond acceptors (Lipinski definition) is 4. The second-order valence-corrected chi connectivity index (χ2v) is 8.86. The number of sulfonamides is 1. The summed E-state index contributed by atoms with van der Waals surface area (Å²) in [4.78, 5) is 13.2. The van der Waals surface area contributed by atoms with Crippen molar-refractivity contribution in [2.45, 2.75) is 17.9 Å². The summed E-state index contributed by atoms with van der Waals surface area (Å²) in [6.45, 7) is 3.53. The summed E-state index contributed by atoms with van der Waals surface area (Å²) in [5.41, 5.74) is 2.52. The molecule has 0 spiro atoms. The second kappa shape index (κ2) is 6.45. The molecular weight excluding hydrogens is 366 g/mol. The molecule has 7 nitrogen and oxygen atoms in total. The lowest BCUT2D eigenvalue weighted by atomic mass is 10.2. The molecule has 142 valence electrons. The number of nitrogens with zero attached hydrogens (tertiary/aromatic N) is 1. The smallest absolute Gasteiger partial charge is 0.404 e. The molecule has 0 radical (unpaired) electrons. The van der Waals surface area contributed by atoms with Gasteiger partial charge in [0.25, 0.3) is 10.0 Å². The maximum absolute atomic E-state index is 12.5. The highest BCUT2D eigenvalue weighted by atomic mass is 32.2. The van der Waals surface area contributed by atoms with E-state index in [4.69, 9.17) is 5.11 Å². The molecule has 0 aromatic heterocycles. The van der Waals surface area contributed by atoms with E-state index in [1.165, 1.54) is 0 Å². The van der Waals surface area contributed by atoms with Crippen molar-refractivity contribution in [2.75, 3.05) is 22.7 Å². The topological polar surface area (TPSA) is 98.7 Å². The van der Waals surface area contributed by atoms with Crippen LogP contribution < -0.4 is 14.9 Å². The quantitative estimate of drug-likeness (QED) is 0.732. The molecule has 1 aliphatic heterocycles. The molecule has 2 atom stereocenters.